The van der Waals surface area contributed by atoms with E-state index in [0.29, 0.717) is 25.5 Å². The Kier molecular flexibility index (Phi) is 4.70. The predicted molar refractivity (Wildman–Crippen MR) is 76.1 cm³/mol. The van der Waals surface area contributed by atoms with E-state index in [1.165, 1.54) is 0 Å². The van der Waals surface area contributed by atoms with Crippen LogP contribution in [0, 0.1) is 6.92 Å². The first kappa shape index (κ1) is 16.0. The van der Waals surface area contributed by atoms with Crippen LogP contribution in [0.5, 0.6) is 0 Å². The molecular formula is C15H23NO5. The zero-order chi connectivity index (χ0) is 15.6. The molecule has 0 unspecified atom stereocenters. The molecule has 1 saturated heterocycles. The minimum Gasteiger partial charge on any atom is -0.453 e. The van der Waals surface area contributed by atoms with Crippen molar-refractivity contribution < 1.29 is 23.8 Å². The molecule has 1 atom stereocenters. The average Bonchev–Trinajstić information content (AvgIpc) is 2.77. The number of carbonyl (C=O) groups is 1. The van der Waals surface area contributed by atoms with Gasteiger partial charge in [-0.2, -0.15) is 0 Å². The van der Waals surface area contributed by atoms with Crippen molar-refractivity contribution in [1.29, 1.82) is 0 Å². The van der Waals surface area contributed by atoms with Gasteiger partial charge in [-0.1, -0.05) is 0 Å². The molecule has 118 valence electrons. The minimum absolute atomic E-state index is 0.157. The lowest BCUT2D eigenvalue weighted by molar-refractivity contribution is -0.143. The fourth-order valence-corrected chi connectivity index (χ4v) is 2.70. The van der Waals surface area contributed by atoms with Crippen molar-refractivity contribution in [3.63, 3.8) is 0 Å². The molecule has 2 rings (SSSR count). The van der Waals surface area contributed by atoms with Gasteiger partial charge in [0.15, 0.2) is 5.76 Å². The number of nitrogens with zero attached hydrogens (tertiary/aromatic N) is 1. The fourth-order valence-electron chi connectivity index (χ4n) is 2.70. The number of morpholine rings is 1. The number of ether oxygens (including phenoxy) is 2. The highest BCUT2D eigenvalue weighted by molar-refractivity contribution is 5.93. The van der Waals surface area contributed by atoms with Crippen LogP contribution in [0.3, 0.4) is 0 Å². The number of methoxy groups -OCH3 is 1. The van der Waals surface area contributed by atoms with Crippen molar-refractivity contribution in [2.24, 2.45) is 0 Å². The van der Waals surface area contributed by atoms with E-state index in [1.807, 2.05) is 13.8 Å². The summed E-state index contributed by atoms with van der Waals surface area (Å²) < 4.78 is 16.5. The van der Waals surface area contributed by atoms with Crippen LogP contribution in [0.4, 0.5) is 0 Å². The Balaban J connectivity index is 2.18. The Morgan fingerprint density at radius 2 is 2.29 bits per heavy atom. The van der Waals surface area contributed by atoms with Crippen LogP contribution in [-0.4, -0.2) is 54.4 Å². The number of hydrogen-bond donors (Lipinski definition) is 1. The van der Waals surface area contributed by atoms with Gasteiger partial charge in [-0.3, -0.25) is 4.79 Å². The van der Waals surface area contributed by atoms with Gasteiger partial charge in [-0.25, -0.2) is 0 Å². The second-order valence-corrected chi connectivity index (χ2v) is 6.02. The largest absolute Gasteiger partial charge is 0.453 e. The molecule has 0 spiro atoms. The topological polar surface area (TPSA) is 72.1 Å². The van der Waals surface area contributed by atoms with Crippen molar-refractivity contribution in [2.45, 2.75) is 39.1 Å². The van der Waals surface area contributed by atoms with E-state index >= 15 is 0 Å². The van der Waals surface area contributed by atoms with Gasteiger partial charge in [-0.05, 0) is 26.8 Å². The summed E-state index contributed by atoms with van der Waals surface area (Å²) in [6, 6.07) is 1.69. The Bertz CT molecular complexity index is 508. The first-order chi connectivity index (χ1) is 9.86. The first-order valence-electron chi connectivity index (χ1n) is 7.02. The highest BCUT2D eigenvalue weighted by Crippen LogP contribution is 2.24. The second-order valence-electron chi connectivity index (χ2n) is 6.02. The zero-order valence-electron chi connectivity index (χ0n) is 13.0. The van der Waals surface area contributed by atoms with E-state index in [1.54, 1.807) is 25.0 Å². The lowest BCUT2D eigenvalue weighted by Crippen LogP contribution is -2.55. The molecule has 1 aliphatic rings. The molecule has 21 heavy (non-hydrogen) atoms. The van der Waals surface area contributed by atoms with E-state index < -0.39 is 5.60 Å². The third-order valence-corrected chi connectivity index (χ3v) is 3.44. The number of furan rings is 1. The van der Waals surface area contributed by atoms with Crippen LogP contribution in [0.25, 0.3) is 0 Å². The quantitative estimate of drug-likeness (QED) is 0.908. The van der Waals surface area contributed by atoms with Gasteiger partial charge in [0, 0.05) is 25.8 Å². The third kappa shape index (κ3) is 3.64. The molecular weight excluding hydrogens is 274 g/mol. The lowest BCUT2D eigenvalue weighted by Gasteiger charge is -2.42. The number of rotatable bonds is 4. The fraction of sp³-hybridized carbons (Fsp3) is 0.667. The molecule has 0 radical (unpaired) electrons. The Labute approximate surface area is 124 Å². The summed E-state index contributed by atoms with van der Waals surface area (Å²) in [5, 5.41) is 9.11. The van der Waals surface area contributed by atoms with Crippen LogP contribution in [0.2, 0.25) is 0 Å². The number of hydrogen-bond acceptors (Lipinski definition) is 5. The molecule has 1 N–H and O–H groups in total. The number of carbonyl (C=O) groups excluding carboxylic acids is 1. The summed E-state index contributed by atoms with van der Waals surface area (Å²) in [5.41, 5.74) is 0.300. The van der Waals surface area contributed by atoms with Crippen LogP contribution < -0.4 is 0 Å². The number of aliphatic hydroxyl groups excluding tert-OH is 1. The van der Waals surface area contributed by atoms with Crippen molar-refractivity contribution in [3.8, 4) is 0 Å². The summed E-state index contributed by atoms with van der Waals surface area (Å²) in [5.74, 6) is 0.509. The Morgan fingerprint density at radius 3 is 2.86 bits per heavy atom. The molecule has 1 fully saturated rings. The van der Waals surface area contributed by atoms with E-state index in [-0.39, 0.29) is 24.4 Å². The number of aryl methyl sites for hydroxylation is 1. The van der Waals surface area contributed by atoms with Crippen LogP contribution in [-0.2, 0) is 16.1 Å². The molecule has 0 saturated carbocycles. The molecule has 1 aromatic heterocycles. The normalized spacial score (nSPS) is 21.6. The summed E-state index contributed by atoms with van der Waals surface area (Å²) in [6.45, 7) is 6.87. The van der Waals surface area contributed by atoms with Gasteiger partial charge < -0.3 is 23.9 Å². The summed E-state index contributed by atoms with van der Waals surface area (Å²) in [4.78, 5) is 14.4. The maximum Gasteiger partial charge on any atom is 0.290 e. The van der Waals surface area contributed by atoms with Crippen molar-refractivity contribution in [1.82, 2.24) is 4.90 Å². The van der Waals surface area contributed by atoms with Gasteiger partial charge in [0.25, 0.3) is 5.91 Å². The summed E-state index contributed by atoms with van der Waals surface area (Å²) in [7, 11) is 1.61. The van der Waals surface area contributed by atoms with E-state index in [9.17, 15) is 4.79 Å². The number of aliphatic hydroxyl groups is 1. The monoisotopic (exact) mass is 297 g/mol. The number of amides is 1. The van der Waals surface area contributed by atoms with Gasteiger partial charge in [0.2, 0.25) is 0 Å². The van der Waals surface area contributed by atoms with E-state index in [2.05, 4.69) is 0 Å². The molecule has 0 bridgehead atoms. The molecule has 1 aromatic rings. The zero-order valence-corrected chi connectivity index (χ0v) is 13.0. The highest BCUT2D eigenvalue weighted by atomic mass is 16.5. The van der Waals surface area contributed by atoms with Crippen molar-refractivity contribution in [3.05, 3.63) is 23.2 Å². The second kappa shape index (κ2) is 6.17. The molecule has 6 heteroatoms. The van der Waals surface area contributed by atoms with Crippen LogP contribution >= 0.6 is 0 Å². The Morgan fingerprint density at radius 1 is 1.57 bits per heavy atom. The maximum atomic E-state index is 12.6. The molecule has 1 aliphatic heterocycles. The standard InChI is InChI=1S/C15H23NO5/c1-10-5-11(7-17)20-13(10)14(18)16-6-12(8-19-4)21-15(2,3)9-16/h5,12,17H,6-9H2,1-4H3/t12-/m1/s1. The summed E-state index contributed by atoms with van der Waals surface area (Å²) >= 11 is 0. The molecule has 6 nitrogen and oxygen atoms in total. The van der Waals surface area contributed by atoms with E-state index in [4.69, 9.17) is 19.0 Å². The first-order valence-corrected chi connectivity index (χ1v) is 7.02. The minimum atomic E-state index is -0.433. The van der Waals surface area contributed by atoms with E-state index in [0.717, 1.165) is 5.56 Å². The van der Waals surface area contributed by atoms with Gasteiger partial charge in [0.1, 0.15) is 12.4 Å². The van der Waals surface area contributed by atoms with Crippen molar-refractivity contribution >= 4 is 5.91 Å². The maximum absolute atomic E-state index is 12.6. The highest BCUT2D eigenvalue weighted by Gasteiger charge is 2.37. The molecule has 1 amide bonds. The molecule has 2 heterocycles. The van der Waals surface area contributed by atoms with Gasteiger partial charge >= 0.3 is 0 Å². The molecule has 0 aliphatic carbocycles. The summed E-state index contributed by atoms with van der Waals surface area (Å²) in [6.07, 6.45) is -0.157. The van der Waals surface area contributed by atoms with Crippen LogP contribution in [0.15, 0.2) is 10.5 Å². The smallest absolute Gasteiger partial charge is 0.290 e. The van der Waals surface area contributed by atoms with Gasteiger partial charge in [-0.15, -0.1) is 0 Å². The SMILES string of the molecule is COC[C@H]1CN(C(=O)c2oc(CO)cc2C)CC(C)(C)O1. The van der Waals surface area contributed by atoms with Gasteiger partial charge in [0.05, 0.1) is 18.3 Å². The predicted octanol–water partition coefficient (Wildman–Crippen LogP) is 1.35. The molecule has 0 aromatic carbocycles. The van der Waals surface area contributed by atoms with Crippen molar-refractivity contribution in [2.75, 3.05) is 26.8 Å². The third-order valence-electron chi connectivity index (χ3n) is 3.44. The van der Waals surface area contributed by atoms with Crippen LogP contribution in [0.1, 0.15) is 35.7 Å². The lowest BCUT2D eigenvalue weighted by atomic mass is 10.0. The Hall–Kier alpha value is -1.37. The average molecular weight is 297 g/mol.